The van der Waals surface area contributed by atoms with Crippen LogP contribution in [-0.4, -0.2) is 22.4 Å². The van der Waals surface area contributed by atoms with Crippen LogP contribution in [0.15, 0.2) is 40.1 Å². The molecule has 112 valence electrons. The van der Waals surface area contributed by atoms with Crippen molar-refractivity contribution in [3.8, 4) is 11.3 Å². The summed E-state index contributed by atoms with van der Waals surface area (Å²) in [7, 11) is 1.78. The molecule has 0 saturated carbocycles. The molecule has 7 heteroatoms. The quantitative estimate of drug-likeness (QED) is 0.544. The number of hydrogen-bond donors (Lipinski definition) is 0. The molecule has 22 heavy (non-hydrogen) atoms. The van der Waals surface area contributed by atoms with E-state index in [9.17, 15) is 9.70 Å². The molecule has 0 radical (unpaired) electrons. The van der Waals surface area contributed by atoms with Gasteiger partial charge >= 0.3 is 5.97 Å². The molecule has 0 spiro atoms. The van der Waals surface area contributed by atoms with Gasteiger partial charge in [0.05, 0.1) is 12.3 Å². The average molecular weight is 299 g/mol. The Balaban J connectivity index is 2.24. The summed E-state index contributed by atoms with van der Waals surface area (Å²) >= 11 is 0. The second-order valence-electron chi connectivity index (χ2n) is 4.67. The van der Waals surface area contributed by atoms with E-state index in [0.29, 0.717) is 16.5 Å². The number of nitroso groups, excluding NO2 is 1. The highest BCUT2D eigenvalue weighted by molar-refractivity contribution is 5.99. The Morgan fingerprint density at radius 2 is 2.23 bits per heavy atom. The van der Waals surface area contributed by atoms with Gasteiger partial charge in [-0.25, -0.2) is 4.79 Å². The van der Waals surface area contributed by atoms with Gasteiger partial charge in [-0.05, 0) is 36.4 Å². The van der Waals surface area contributed by atoms with E-state index in [4.69, 9.17) is 9.15 Å². The maximum atomic E-state index is 11.8. The van der Waals surface area contributed by atoms with E-state index in [-0.39, 0.29) is 18.1 Å². The number of esters is 1. The molecule has 0 atom stereocenters. The number of rotatable bonds is 4. The first-order valence-electron chi connectivity index (χ1n) is 6.70. The number of aromatic nitrogens is 2. The van der Waals surface area contributed by atoms with Crippen LogP contribution in [0.2, 0.25) is 0 Å². The van der Waals surface area contributed by atoms with Crippen LogP contribution in [0.1, 0.15) is 17.5 Å². The molecular formula is C15H13N3O4. The van der Waals surface area contributed by atoms with Crippen LogP contribution in [0.3, 0.4) is 0 Å². The molecule has 0 unspecified atom stereocenters. The van der Waals surface area contributed by atoms with Gasteiger partial charge in [-0.2, -0.15) is 5.10 Å². The fourth-order valence-electron chi connectivity index (χ4n) is 2.32. The normalized spacial score (nSPS) is 10.8. The summed E-state index contributed by atoms with van der Waals surface area (Å²) in [5.74, 6) is -0.460. The van der Waals surface area contributed by atoms with Crippen molar-refractivity contribution in [1.29, 1.82) is 0 Å². The molecule has 2 aromatic heterocycles. The minimum atomic E-state index is -0.546. The second-order valence-corrected chi connectivity index (χ2v) is 4.67. The minimum Gasteiger partial charge on any atom is -0.460 e. The fourth-order valence-corrected chi connectivity index (χ4v) is 2.32. The molecule has 7 nitrogen and oxygen atoms in total. The number of nitrogens with zero attached hydrogens (tertiary/aromatic N) is 3. The van der Waals surface area contributed by atoms with Gasteiger partial charge in [0.15, 0.2) is 0 Å². The summed E-state index contributed by atoms with van der Waals surface area (Å²) in [4.78, 5) is 22.7. The zero-order valence-corrected chi connectivity index (χ0v) is 12.1. The van der Waals surface area contributed by atoms with Crippen LogP contribution >= 0.6 is 0 Å². The van der Waals surface area contributed by atoms with E-state index in [1.165, 1.54) is 0 Å². The molecule has 0 fully saturated rings. The van der Waals surface area contributed by atoms with Gasteiger partial charge in [-0.3, -0.25) is 4.68 Å². The van der Waals surface area contributed by atoms with Crippen LogP contribution in [0, 0.1) is 4.91 Å². The summed E-state index contributed by atoms with van der Waals surface area (Å²) in [6.07, 6.45) is 1.64. The Morgan fingerprint density at radius 3 is 2.86 bits per heavy atom. The molecule has 3 rings (SSSR count). The van der Waals surface area contributed by atoms with Gasteiger partial charge in [0.25, 0.3) is 0 Å². The number of hydrogen-bond acceptors (Lipinski definition) is 6. The second kappa shape index (κ2) is 5.44. The lowest BCUT2D eigenvalue weighted by molar-refractivity contribution is 0.0493. The van der Waals surface area contributed by atoms with E-state index < -0.39 is 5.97 Å². The highest BCUT2D eigenvalue weighted by Gasteiger charge is 2.18. The highest BCUT2D eigenvalue weighted by atomic mass is 16.5. The molecule has 1 aromatic carbocycles. The standard InChI is InChI=1S/C15H13N3O4/c1-3-21-15(19)13-7-9-6-10(17-20)8-11(14(9)22-13)12-4-5-16-18(12)2/h4-8H,3H2,1-2H3. The third kappa shape index (κ3) is 2.26. The Bertz CT molecular complexity index is 863. The lowest BCUT2D eigenvalue weighted by atomic mass is 10.1. The average Bonchev–Trinajstić information content (AvgIpc) is 3.12. The first-order chi connectivity index (χ1) is 10.6. The van der Waals surface area contributed by atoms with Crippen LogP contribution in [0.5, 0.6) is 0 Å². The van der Waals surface area contributed by atoms with E-state index >= 15 is 0 Å². The smallest absolute Gasteiger partial charge is 0.374 e. The molecular weight excluding hydrogens is 286 g/mol. The predicted molar refractivity (Wildman–Crippen MR) is 79.8 cm³/mol. The van der Waals surface area contributed by atoms with Crippen LogP contribution in [0.25, 0.3) is 22.2 Å². The number of carbonyl (C=O) groups is 1. The number of carbonyl (C=O) groups excluding carboxylic acids is 1. The number of benzene rings is 1. The van der Waals surface area contributed by atoms with Crippen molar-refractivity contribution < 1.29 is 13.9 Å². The number of ether oxygens (including phenoxy) is 1. The van der Waals surface area contributed by atoms with Gasteiger partial charge < -0.3 is 9.15 Å². The van der Waals surface area contributed by atoms with Crippen molar-refractivity contribution in [1.82, 2.24) is 9.78 Å². The van der Waals surface area contributed by atoms with E-state index in [1.54, 1.807) is 49.1 Å². The Hall–Kier alpha value is -2.96. The topological polar surface area (TPSA) is 86.7 Å². The van der Waals surface area contributed by atoms with Crippen LogP contribution < -0.4 is 0 Å². The van der Waals surface area contributed by atoms with Crippen LogP contribution in [0.4, 0.5) is 5.69 Å². The molecule has 2 heterocycles. The van der Waals surface area contributed by atoms with Gasteiger partial charge in [0, 0.05) is 24.2 Å². The first-order valence-corrected chi connectivity index (χ1v) is 6.70. The van der Waals surface area contributed by atoms with Crippen molar-refractivity contribution in [2.75, 3.05) is 6.61 Å². The van der Waals surface area contributed by atoms with Crippen molar-refractivity contribution in [3.05, 3.63) is 41.1 Å². The van der Waals surface area contributed by atoms with Gasteiger partial charge in [-0.15, -0.1) is 4.91 Å². The van der Waals surface area contributed by atoms with Gasteiger partial charge in [0.2, 0.25) is 5.76 Å². The molecule has 0 N–H and O–H groups in total. The van der Waals surface area contributed by atoms with E-state index in [2.05, 4.69) is 10.3 Å². The Labute approximate surface area is 125 Å². The monoisotopic (exact) mass is 299 g/mol. The zero-order valence-electron chi connectivity index (χ0n) is 12.1. The summed E-state index contributed by atoms with van der Waals surface area (Å²) in [5.41, 5.74) is 2.13. The minimum absolute atomic E-state index is 0.0864. The van der Waals surface area contributed by atoms with Crippen molar-refractivity contribution in [2.24, 2.45) is 12.2 Å². The molecule has 0 aliphatic heterocycles. The first kappa shape index (κ1) is 14.0. The van der Waals surface area contributed by atoms with Crippen molar-refractivity contribution in [3.63, 3.8) is 0 Å². The maximum Gasteiger partial charge on any atom is 0.374 e. The van der Waals surface area contributed by atoms with E-state index in [0.717, 1.165) is 5.69 Å². The molecule has 0 bridgehead atoms. The van der Waals surface area contributed by atoms with Gasteiger partial charge in [-0.1, -0.05) is 0 Å². The molecule has 0 aliphatic rings. The summed E-state index contributed by atoms with van der Waals surface area (Å²) < 4.78 is 12.2. The van der Waals surface area contributed by atoms with Gasteiger partial charge in [0.1, 0.15) is 11.3 Å². The third-order valence-corrected chi connectivity index (χ3v) is 3.28. The lowest BCUT2D eigenvalue weighted by Crippen LogP contribution is -2.02. The SMILES string of the molecule is CCOC(=O)c1cc2cc(N=O)cc(-c3ccnn3C)c2o1. The number of furan rings is 1. The van der Waals surface area contributed by atoms with Crippen molar-refractivity contribution in [2.45, 2.75) is 6.92 Å². The highest BCUT2D eigenvalue weighted by Crippen LogP contribution is 2.35. The van der Waals surface area contributed by atoms with Crippen molar-refractivity contribution >= 4 is 22.6 Å². The van der Waals surface area contributed by atoms with Crippen LogP contribution in [-0.2, 0) is 11.8 Å². The molecule has 0 aliphatic carbocycles. The number of aryl methyl sites for hydroxylation is 1. The summed E-state index contributed by atoms with van der Waals surface area (Å²) in [5, 5.41) is 7.68. The molecule has 0 saturated heterocycles. The maximum absolute atomic E-state index is 11.8. The van der Waals surface area contributed by atoms with E-state index in [1.807, 2.05) is 0 Å². The molecule has 0 amide bonds. The zero-order chi connectivity index (χ0) is 15.7. The fraction of sp³-hybridized carbons (Fsp3) is 0.200. The summed E-state index contributed by atoms with van der Waals surface area (Å²) in [6, 6.07) is 6.50. The Kier molecular flexibility index (Phi) is 3.46. The third-order valence-electron chi connectivity index (χ3n) is 3.28. The Morgan fingerprint density at radius 1 is 1.41 bits per heavy atom. The molecule has 3 aromatic rings. The number of fused-ring (bicyclic) bond motifs is 1. The predicted octanol–water partition coefficient (Wildman–Crippen LogP) is 3.41. The largest absolute Gasteiger partial charge is 0.460 e. The summed E-state index contributed by atoms with van der Waals surface area (Å²) in [6.45, 7) is 1.97. The lowest BCUT2D eigenvalue weighted by Gasteiger charge is -2.04.